The molecule has 1 N–H and O–H groups in total. The molecule has 3 nitrogen and oxygen atoms in total. The van der Waals surface area contributed by atoms with Crippen LogP contribution in [0.2, 0.25) is 0 Å². The number of hydrogen-bond donors (Lipinski definition) is 1. The van der Waals surface area contributed by atoms with E-state index in [9.17, 15) is 4.79 Å². The molecule has 2 aromatic carbocycles. The molecule has 0 radical (unpaired) electrons. The summed E-state index contributed by atoms with van der Waals surface area (Å²) in [5, 5.41) is 8.32. The SMILES string of the molecule is O=C(O)c1ccccn1.[CH3-].[Cl][Os].c1ccc(-c2ccccc2)cc1. The molecule has 1 heterocycles. The number of aromatic nitrogens is 1. The van der Waals surface area contributed by atoms with E-state index in [1.165, 1.54) is 41.0 Å². The number of carboxylic acid groups (broad SMARTS) is 1. The Hall–Kier alpha value is -2.01. The molecule has 0 aliphatic carbocycles. The van der Waals surface area contributed by atoms with Crippen LogP contribution < -0.4 is 0 Å². The fraction of sp³-hybridized carbons (Fsp3) is 0. The summed E-state index contributed by atoms with van der Waals surface area (Å²) in [6.07, 6.45) is 1.45. The van der Waals surface area contributed by atoms with Crippen LogP contribution in [0.15, 0.2) is 85.1 Å². The zero-order valence-electron chi connectivity index (χ0n) is 13.1. The Morgan fingerprint density at radius 1 is 0.792 bits per heavy atom. The molecule has 3 aromatic rings. The van der Waals surface area contributed by atoms with Crippen molar-refractivity contribution < 1.29 is 27.5 Å². The van der Waals surface area contributed by atoms with E-state index in [1.54, 1.807) is 12.1 Å². The molecule has 5 heteroatoms. The third kappa shape index (κ3) is 8.01. The van der Waals surface area contributed by atoms with E-state index in [2.05, 4.69) is 63.2 Å². The molecule has 0 bridgehead atoms. The minimum atomic E-state index is -0.990. The number of aromatic carboxylic acids is 1. The van der Waals surface area contributed by atoms with E-state index >= 15 is 0 Å². The summed E-state index contributed by atoms with van der Waals surface area (Å²) in [5.41, 5.74) is 2.63. The molecular weight excluding hydrogens is 500 g/mol. The van der Waals surface area contributed by atoms with Gasteiger partial charge < -0.3 is 12.5 Å². The Kier molecular flexibility index (Phi) is 12.3. The molecule has 1 aromatic heterocycles. The molecule has 24 heavy (non-hydrogen) atoms. The van der Waals surface area contributed by atoms with Gasteiger partial charge in [-0.15, -0.1) is 0 Å². The molecule has 0 aliphatic heterocycles. The van der Waals surface area contributed by atoms with Crippen LogP contribution in [0.5, 0.6) is 0 Å². The molecule has 0 unspecified atom stereocenters. The summed E-state index contributed by atoms with van der Waals surface area (Å²) in [7, 11) is 4.67. The summed E-state index contributed by atoms with van der Waals surface area (Å²) in [6.45, 7) is 0. The van der Waals surface area contributed by atoms with Crippen molar-refractivity contribution in [2.75, 3.05) is 0 Å². The first-order chi connectivity index (χ1) is 11.3. The van der Waals surface area contributed by atoms with Gasteiger partial charge in [0.25, 0.3) is 0 Å². The van der Waals surface area contributed by atoms with Gasteiger partial charge in [-0.2, -0.15) is 0 Å². The zero-order valence-corrected chi connectivity index (χ0v) is 16.4. The molecule has 0 saturated carbocycles. The van der Waals surface area contributed by atoms with Crippen molar-refractivity contribution in [2.45, 2.75) is 0 Å². The number of benzene rings is 2. The first-order valence-electron chi connectivity index (χ1n) is 6.65. The number of hydrogen-bond acceptors (Lipinski definition) is 2. The van der Waals surface area contributed by atoms with Crippen LogP contribution in [-0.2, 0) is 17.6 Å². The Morgan fingerprint density at radius 2 is 1.21 bits per heavy atom. The van der Waals surface area contributed by atoms with E-state index in [0.717, 1.165) is 0 Å². The number of carboxylic acids is 1. The maximum atomic E-state index is 10.1. The third-order valence-electron chi connectivity index (χ3n) is 2.76. The maximum absolute atomic E-state index is 10.1. The standard InChI is InChI=1S/C12H10.C6H5NO2.CH3.ClH.Os/c1-3-7-11(8-4-1)12-9-5-2-6-10-12;8-6(9)5-3-1-2-4-7-5;;;/h1-10H;1-4H,(H,8,9);1H3;1H;/q;;-1;;+1/p-1. The first kappa shape index (κ1) is 22.0. The van der Waals surface area contributed by atoms with Gasteiger partial charge in [0.2, 0.25) is 0 Å². The van der Waals surface area contributed by atoms with Gasteiger partial charge in [-0.3, -0.25) is 0 Å². The number of rotatable bonds is 2. The van der Waals surface area contributed by atoms with Gasteiger partial charge >= 0.3 is 33.2 Å². The predicted molar refractivity (Wildman–Crippen MR) is 95.3 cm³/mol. The van der Waals surface area contributed by atoms with Crippen LogP contribution in [0.25, 0.3) is 11.1 Å². The summed E-state index contributed by atoms with van der Waals surface area (Å²) in [5.74, 6) is -0.990. The van der Waals surface area contributed by atoms with Gasteiger partial charge in [-0.1, -0.05) is 66.7 Å². The summed E-state index contributed by atoms with van der Waals surface area (Å²) in [6, 6.07) is 25.5. The quantitative estimate of drug-likeness (QED) is 0.471. The van der Waals surface area contributed by atoms with Gasteiger partial charge in [0.05, 0.1) is 0 Å². The molecule has 0 spiro atoms. The van der Waals surface area contributed by atoms with Crippen molar-refractivity contribution in [3.05, 3.63) is 98.2 Å². The normalized spacial score (nSPS) is 8.42. The van der Waals surface area contributed by atoms with Crippen LogP contribution in [0.4, 0.5) is 0 Å². The van der Waals surface area contributed by atoms with Crippen LogP contribution in [0.1, 0.15) is 10.5 Å². The topological polar surface area (TPSA) is 50.2 Å². The minimum Gasteiger partial charge on any atom is -0.0622 e. The van der Waals surface area contributed by atoms with Crippen molar-refractivity contribution >= 4 is 15.6 Å². The maximum Gasteiger partial charge on any atom is -0.0184 e. The van der Waals surface area contributed by atoms with Crippen LogP contribution in [0.3, 0.4) is 0 Å². The third-order valence-corrected chi connectivity index (χ3v) is 2.76. The van der Waals surface area contributed by atoms with Crippen molar-refractivity contribution in [1.29, 1.82) is 0 Å². The summed E-state index contributed by atoms with van der Waals surface area (Å²) >= 11 is 1.33. The summed E-state index contributed by atoms with van der Waals surface area (Å²) in [4.78, 5) is 13.7. The van der Waals surface area contributed by atoms with E-state index in [1.807, 2.05) is 12.1 Å². The average molecular weight is 518 g/mol. The van der Waals surface area contributed by atoms with Gasteiger partial charge in [0, 0.05) is 6.20 Å². The molecular formula is C19H18ClNO2Os-. The Balaban J connectivity index is 0.000000398. The molecule has 3 rings (SSSR count). The second-order valence-electron chi connectivity index (χ2n) is 4.25. The number of carbonyl (C=O) groups is 1. The zero-order chi connectivity index (χ0) is 16.9. The van der Waals surface area contributed by atoms with Crippen LogP contribution in [0, 0.1) is 7.43 Å². The Morgan fingerprint density at radius 3 is 1.50 bits per heavy atom. The van der Waals surface area contributed by atoms with Crippen LogP contribution >= 0.6 is 9.64 Å². The first-order valence-corrected chi connectivity index (χ1v) is 9.80. The van der Waals surface area contributed by atoms with Crippen LogP contribution in [-0.4, -0.2) is 16.1 Å². The molecule has 0 amide bonds. The minimum absolute atomic E-state index is 0. The van der Waals surface area contributed by atoms with Crippen molar-refractivity contribution in [3.63, 3.8) is 0 Å². The molecule has 127 valence electrons. The van der Waals surface area contributed by atoms with E-state index in [-0.39, 0.29) is 13.1 Å². The van der Waals surface area contributed by atoms with Crippen molar-refractivity contribution in [3.8, 4) is 11.1 Å². The van der Waals surface area contributed by atoms with E-state index in [0.29, 0.717) is 0 Å². The second-order valence-corrected chi connectivity index (χ2v) is 4.25. The molecule has 0 aliphatic rings. The van der Waals surface area contributed by atoms with Gasteiger partial charge in [-0.25, -0.2) is 9.78 Å². The number of halogens is 1. The fourth-order valence-electron chi connectivity index (χ4n) is 1.75. The van der Waals surface area contributed by atoms with Gasteiger partial charge in [0.1, 0.15) is 5.69 Å². The molecule has 0 saturated heterocycles. The monoisotopic (exact) mass is 519 g/mol. The van der Waals surface area contributed by atoms with Gasteiger partial charge in [-0.05, 0) is 23.3 Å². The van der Waals surface area contributed by atoms with Crippen molar-refractivity contribution in [1.82, 2.24) is 4.98 Å². The Bertz CT molecular complexity index is 642. The number of pyridine rings is 1. The predicted octanol–water partition coefficient (Wildman–Crippen LogP) is 5.27. The van der Waals surface area contributed by atoms with E-state index in [4.69, 9.17) is 5.11 Å². The Labute approximate surface area is 157 Å². The van der Waals surface area contributed by atoms with E-state index < -0.39 is 5.97 Å². The number of nitrogens with zero attached hydrogens (tertiary/aromatic N) is 1. The smallest absolute Gasteiger partial charge is 0.0184 e. The summed E-state index contributed by atoms with van der Waals surface area (Å²) < 4.78 is 0. The second kappa shape index (κ2) is 13.4. The van der Waals surface area contributed by atoms with Crippen molar-refractivity contribution in [2.24, 2.45) is 0 Å². The largest absolute Gasteiger partial charge is 0.0622 e. The fourth-order valence-corrected chi connectivity index (χ4v) is 1.75. The molecule has 0 fully saturated rings. The van der Waals surface area contributed by atoms with Gasteiger partial charge in [0.15, 0.2) is 0 Å². The average Bonchev–Trinajstić information content (AvgIpc) is 2.66. The molecule has 0 atom stereocenters.